The van der Waals surface area contributed by atoms with Crippen LogP contribution in [0.3, 0.4) is 0 Å². The summed E-state index contributed by atoms with van der Waals surface area (Å²) in [5.41, 5.74) is 2.62. The van der Waals surface area contributed by atoms with Gasteiger partial charge in [0, 0.05) is 11.4 Å². The molecular formula is C28H25Cl2N3O5S2. The summed E-state index contributed by atoms with van der Waals surface area (Å²) in [7, 11) is -8.03. The summed E-state index contributed by atoms with van der Waals surface area (Å²) in [5, 5.41) is 2.97. The van der Waals surface area contributed by atoms with Gasteiger partial charge in [0.25, 0.3) is 20.0 Å². The summed E-state index contributed by atoms with van der Waals surface area (Å²) in [6, 6.07) is 22.9. The third-order valence-electron chi connectivity index (χ3n) is 5.81. The van der Waals surface area contributed by atoms with Crippen LogP contribution in [0.25, 0.3) is 0 Å². The first-order valence-corrected chi connectivity index (χ1v) is 15.6. The van der Waals surface area contributed by atoms with E-state index in [1.54, 1.807) is 30.3 Å². The molecule has 0 fully saturated rings. The number of amides is 1. The van der Waals surface area contributed by atoms with E-state index in [9.17, 15) is 21.6 Å². The van der Waals surface area contributed by atoms with Gasteiger partial charge in [-0.1, -0.05) is 53.0 Å². The van der Waals surface area contributed by atoms with Gasteiger partial charge in [0.2, 0.25) is 5.91 Å². The Hall–Kier alpha value is -3.57. The first kappa shape index (κ1) is 29.4. The Bertz CT molecular complexity index is 1760. The SMILES string of the molecule is Cc1ccc(S(=O)(=O)N(CC(=O)Nc2ccc(S(=O)(=O)Nc3cccc(C)c3)cc2)c2ccc(Cl)c(Cl)c2)cc1. The predicted octanol–water partition coefficient (Wildman–Crippen LogP) is 6.25. The molecule has 0 spiro atoms. The highest BCUT2D eigenvalue weighted by atomic mass is 35.5. The molecule has 1 amide bonds. The highest BCUT2D eigenvalue weighted by molar-refractivity contribution is 7.93. The van der Waals surface area contributed by atoms with Gasteiger partial charge in [0.15, 0.2) is 0 Å². The first-order chi connectivity index (χ1) is 18.8. The molecule has 0 saturated carbocycles. The lowest BCUT2D eigenvalue weighted by atomic mass is 10.2. The van der Waals surface area contributed by atoms with Gasteiger partial charge < -0.3 is 5.32 Å². The Labute approximate surface area is 243 Å². The Morgan fingerprint density at radius 2 is 1.38 bits per heavy atom. The number of benzene rings is 4. The van der Waals surface area contributed by atoms with E-state index in [2.05, 4.69) is 10.0 Å². The number of nitrogens with one attached hydrogen (secondary N) is 2. The van der Waals surface area contributed by atoms with E-state index in [-0.39, 0.29) is 31.2 Å². The summed E-state index contributed by atoms with van der Waals surface area (Å²) < 4.78 is 56.1. The van der Waals surface area contributed by atoms with Crippen LogP contribution in [0.5, 0.6) is 0 Å². The Morgan fingerprint density at radius 1 is 0.725 bits per heavy atom. The van der Waals surface area contributed by atoms with E-state index in [1.165, 1.54) is 54.6 Å². The number of nitrogens with zero attached hydrogens (tertiary/aromatic N) is 1. The van der Waals surface area contributed by atoms with Gasteiger partial charge in [-0.05, 0) is 86.1 Å². The molecule has 0 saturated heterocycles. The van der Waals surface area contributed by atoms with Gasteiger partial charge in [0.05, 0.1) is 25.5 Å². The summed E-state index contributed by atoms with van der Waals surface area (Å²) in [6.45, 7) is 3.10. The molecule has 0 unspecified atom stereocenters. The molecule has 12 heteroatoms. The van der Waals surface area contributed by atoms with E-state index in [1.807, 2.05) is 19.9 Å². The Morgan fingerprint density at radius 3 is 2.00 bits per heavy atom. The smallest absolute Gasteiger partial charge is 0.264 e. The van der Waals surface area contributed by atoms with Crippen molar-refractivity contribution in [2.24, 2.45) is 0 Å². The van der Waals surface area contributed by atoms with Crippen molar-refractivity contribution < 1.29 is 21.6 Å². The number of hydrogen-bond acceptors (Lipinski definition) is 5. The number of sulfonamides is 2. The second kappa shape index (κ2) is 11.9. The molecule has 4 rings (SSSR count). The second-order valence-electron chi connectivity index (χ2n) is 8.97. The molecule has 0 heterocycles. The molecule has 8 nitrogen and oxygen atoms in total. The van der Waals surface area contributed by atoms with Gasteiger partial charge in [-0.15, -0.1) is 0 Å². The van der Waals surface area contributed by atoms with Crippen molar-refractivity contribution in [1.29, 1.82) is 0 Å². The van der Waals surface area contributed by atoms with Crippen LogP contribution in [-0.2, 0) is 24.8 Å². The number of rotatable bonds is 9. The lowest BCUT2D eigenvalue weighted by molar-refractivity contribution is -0.114. The molecule has 0 aromatic heterocycles. The fourth-order valence-electron chi connectivity index (χ4n) is 3.76. The topological polar surface area (TPSA) is 113 Å². The van der Waals surface area contributed by atoms with Gasteiger partial charge in [0.1, 0.15) is 6.54 Å². The van der Waals surface area contributed by atoms with Crippen LogP contribution in [0.15, 0.2) is 101 Å². The zero-order valence-corrected chi connectivity index (χ0v) is 24.6. The van der Waals surface area contributed by atoms with Crippen molar-refractivity contribution in [2.45, 2.75) is 23.6 Å². The molecule has 4 aromatic carbocycles. The number of carbonyl (C=O) groups is 1. The standard InChI is InChI=1S/C28H25Cl2N3O5S2/c1-19-6-11-25(12-7-19)40(37,38)33(23-10-15-26(29)27(30)17-23)18-28(34)31-21-8-13-24(14-9-21)39(35,36)32-22-5-3-4-20(2)16-22/h3-17,32H,18H2,1-2H3,(H,31,34). The number of anilines is 3. The zero-order valence-electron chi connectivity index (χ0n) is 21.4. The van der Waals surface area contributed by atoms with Crippen molar-refractivity contribution in [3.63, 3.8) is 0 Å². The molecule has 0 atom stereocenters. The molecule has 0 radical (unpaired) electrons. The van der Waals surface area contributed by atoms with E-state index in [4.69, 9.17) is 23.2 Å². The summed E-state index contributed by atoms with van der Waals surface area (Å²) >= 11 is 12.2. The zero-order chi connectivity index (χ0) is 29.1. The fourth-order valence-corrected chi connectivity index (χ4v) is 6.52. The van der Waals surface area contributed by atoms with Crippen LogP contribution in [0.2, 0.25) is 10.0 Å². The van der Waals surface area contributed by atoms with E-state index < -0.39 is 32.5 Å². The molecule has 0 bridgehead atoms. The minimum absolute atomic E-state index is 0.00681. The Balaban J connectivity index is 1.55. The summed E-state index contributed by atoms with van der Waals surface area (Å²) in [4.78, 5) is 13.0. The third kappa shape index (κ3) is 6.95. The average Bonchev–Trinajstić information content (AvgIpc) is 2.89. The van der Waals surface area contributed by atoms with Gasteiger partial charge in [-0.25, -0.2) is 16.8 Å². The van der Waals surface area contributed by atoms with Gasteiger partial charge >= 0.3 is 0 Å². The average molecular weight is 619 g/mol. The third-order valence-corrected chi connectivity index (χ3v) is 9.73. The molecule has 0 aliphatic rings. The van der Waals surface area contributed by atoms with Gasteiger partial charge in [-0.2, -0.15) is 0 Å². The molecule has 0 aliphatic carbocycles. The Kier molecular flexibility index (Phi) is 8.74. The molecule has 208 valence electrons. The molecule has 4 aromatic rings. The second-order valence-corrected chi connectivity index (χ2v) is 13.3. The first-order valence-electron chi connectivity index (χ1n) is 11.9. The lowest BCUT2D eigenvalue weighted by Gasteiger charge is -2.24. The quantitative estimate of drug-likeness (QED) is 0.231. The van der Waals surface area contributed by atoms with Crippen molar-refractivity contribution >= 4 is 66.2 Å². The van der Waals surface area contributed by atoms with Crippen molar-refractivity contribution in [3.8, 4) is 0 Å². The highest BCUT2D eigenvalue weighted by Gasteiger charge is 2.28. The number of hydrogen-bond donors (Lipinski definition) is 2. The predicted molar refractivity (Wildman–Crippen MR) is 159 cm³/mol. The number of halogens is 2. The normalized spacial score (nSPS) is 11.6. The van der Waals surface area contributed by atoms with Gasteiger partial charge in [-0.3, -0.25) is 13.8 Å². The monoisotopic (exact) mass is 617 g/mol. The van der Waals surface area contributed by atoms with Crippen molar-refractivity contribution in [2.75, 3.05) is 20.9 Å². The van der Waals surface area contributed by atoms with Crippen LogP contribution in [-0.4, -0.2) is 29.3 Å². The maximum absolute atomic E-state index is 13.6. The van der Waals surface area contributed by atoms with Crippen molar-refractivity contribution in [1.82, 2.24) is 0 Å². The van der Waals surface area contributed by atoms with Crippen LogP contribution >= 0.6 is 23.2 Å². The summed E-state index contributed by atoms with van der Waals surface area (Å²) in [6.07, 6.45) is 0. The fraction of sp³-hybridized carbons (Fsp3) is 0.107. The molecule has 40 heavy (non-hydrogen) atoms. The molecular weight excluding hydrogens is 593 g/mol. The van der Waals surface area contributed by atoms with Crippen LogP contribution in [0, 0.1) is 13.8 Å². The molecule has 2 N–H and O–H groups in total. The minimum atomic E-state index is -4.16. The molecule has 0 aliphatic heterocycles. The maximum Gasteiger partial charge on any atom is 0.264 e. The van der Waals surface area contributed by atoms with Crippen LogP contribution in [0.4, 0.5) is 17.1 Å². The van der Waals surface area contributed by atoms with Crippen LogP contribution in [0.1, 0.15) is 11.1 Å². The number of aryl methyl sites for hydroxylation is 2. The summed E-state index contributed by atoms with van der Waals surface area (Å²) in [5.74, 6) is -0.657. The highest BCUT2D eigenvalue weighted by Crippen LogP contribution is 2.31. The number of carbonyl (C=O) groups excluding carboxylic acids is 1. The minimum Gasteiger partial charge on any atom is -0.325 e. The van der Waals surface area contributed by atoms with E-state index in [0.29, 0.717) is 5.69 Å². The largest absolute Gasteiger partial charge is 0.325 e. The van der Waals surface area contributed by atoms with Crippen molar-refractivity contribution in [3.05, 3.63) is 112 Å². The van der Waals surface area contributed by atoms with E-state index in [0.717, 1.165) is 15.4 Å². The maximum atomic E-state index is 13.6. The lowest BCUT2D eigenvalue weighted by Crippen LogP contribution is -2.38. The van der Waals surface area contributed by atoms with E-state index >= 15 is 0 Å². The van der Waals surface area contributed by atoms with Crippen LogP contribution < -0.4 is 14.3 Å².